The van der Waals surface area contributed by atoms with Crippen LogP contribution in [0.15, 0.2) is 24.3 Å². The molecule has 4 rings (SSSR count). The molecule has 1 saturated heterocycles. The maximum absolute atomic E-state index is 10.9. The number of aromatic hydroxyl groups is 1. The van der Waals surface area contributed by atoms with E-state index in [1.54, 1.807) is 4.52 Å². The molecule has 1 aromatic carbocycles. The second-order valence-electron chi connectivity index (χ2n) is 6.65. The van der Waals surface area contributed by atoms with Crippen LogP contribution >= 0.6 is 11.3 Å². The standard InChI is InChI=1S/C19H24N4O2S/c1-3-25-15-9-7-8-14(12-15)16(22-10-5-4-6-11-22)17-18(24)23-19(26-17)20-13(2)21-23/h7-9,12,16,24H,3-6,10-11H2,1-2H3. The Labute approximate surface area is 157 Å². The first-order valence-electron chi connectivity index (χ1n) is 9.19. The third-order valence-corrected chi connectivity index (χ3v) is 5.87. The van der Waals surface area contributed by atoms with E-state index in [2.05, 4.69) is 27.1 Å². The average molecular weight is 372 g/mol. The van der Waals surface area contributed by atoms with Crippen molar-refractivity contribution in [3.05, 3.63) is 40.5 Å². The van der Waals surface area contributed by atoms with Crippen molar-refractivity contribution in [3.63, 3.8) is 0 Å². The number of likely N-dealkylation sites (tertiary alicyclic amines) is 1. The van der Waals surface area contributed by atoms with Crippen LogP contribution in [0.2, 0.25) is 0 Å². The molecule has 3 heterocycles. The molecule has 2 aromatic heterocycles. The van der Waals surface area contributed by atoms with Gasteiger partial charge in [0.2, 0.25) is 10.8 Å². The van der Waals surface area contributed by atoms with Gasteiger partial charge in [0, 0.05) is 0 Å². The average Bonchev–Trinajstić information content (AvgIpc) is 3.15. The number of nitrogens with zero attached hydrogens (tertiary/aromatic N) is 4. The van der Waals surface area contributed by atoms with Crippen LogP contribution in [-0.2, 0) is 0 Å². The van der Waals surface area contributed by atoms with Crippen molar-refractivity contribution >= 4 is 16.3 Å². The molecule has 3 aromatic rings. The third kappa shape index (κ3) is 3.17. The maximum Gasteiger partial charge on any atom is 0.230 e. The zero-order valence-corrected chi connectivity index (χ0v) is 16.0. The van der Waals surface area contributed by atoms with E-state index >= 15 is 0 Å². The first-order valence-corrected chi connectivity index (χ1v) is 10.0. The second-order valence-corrected chi connectivity index (χ2v) is 7.66. The predicted octanol–water partition coefficient (Wildman–Crippen LogP) is 3.78. The van der Waals surface area contributed by atoms with Crippen LogP contribution in [0, 0.1) is 6.92 Å². The molecular weight excluding hydrogens is 348 g/mol. The summed E-state index contributed by atoms with van der Waals surface area (Å²) in [4.78, 5) is 8.51. The summed E-state index contributed by atoms with van der Waals surface area (Å²) in [6, 6.07) is 8.19. The fourth-order valence-corrected chi connectivity index (χ4v) is 4.83. The molecular formula is C19H24N4O2S. The minimum absolute atomic E-state index is 0.00971. The SMILES string of the molecule is CCOc1cccc(C(c2sc3nc(C)nn3c2O)N2CCCCC2)c1. The minimum atomic E-state index is -0.00971. The van der Waals surface area contributed by atoms with Gasteiger partial charge in [-0.3, -0.25) is 4.90 Å². The Hall–Kier alpha value is -2.12. The number of hydrogen-bond acceptors (Lipinski definition) is 6. The van der Waals surface area contributed by atoms with Crippen molar-refractivity contribution in [3.8, 4) is 11.6 Å². The molecule has 1 aliphatic rings. The molecule has 0 spiro atoms. The van der Waals surface area contributed by atoms with Crippen molar-refractivity contribution in [2.24, 2.45) is 0 Å². The van der Waals surface area contributed by atoms with Crippen molar-refractivity contribution in [1.29, 1.82) is 0 Å². The molecule has 138 valence electrons. The molecule has 0 radical (unpaired) electrons. The van der Waals surface area contributed by atoms with E-state index in [4.69, 9.17) is 4.74 Å². The van der Waals surface area contributed by atoms with Gasteiger partial charge in [0.05, 0.1) is 17.5 Å². The van der Waals surface area contributed by atoms with Crippen LogP contribution in [0.1, 0.15) is 48.5 Å². The third-order valence-electron chi connectivity index (χ3n) is 4.79. The van der Waals surface area contributed by atoms with Crippen LogP contribution in [0.3, 0.4) is 0 Å². The molecule has 1 atom stereocenters. The van der Waals surface area contributed by atoms with Gasteiger partial charge in [0.1, 0.15) is 11.6 Å². The number of thiazole rings is 1. The van der Waals surface area contributed by atoms with E-state index in [0.717, 1.165) is 34.2 Å². The Balaban J connectivity index is 1.80. The van der Waals surface area contributed by atoms with Gasteiger partial charge in [0.15, 0.2) is 0 Å². The van der Waals surface area contributed by atoms with Crippen LogP contribution in [0.25, 0.3) is 4.96 Å². The normalized spacial score (nSPS) is 16.8. The highest BCUT2D eigenvalue weighted by atomic mass is 32.1. The summed E-state index contributed by atoms with van der Waals surface area (Å²) in [6.07, 6.45) is 3.63. The number of benzene rings is 1. The van der Waals surface area contributed by atoms with Gasteiger partial charge >= 0.3 is 0 Å². The molecule has 0 saturated carbocycles. The molecule has 0 bridgehead atoms. The number of rotatable bonds is 5. The molecule has 1 aliphatic heterocycles. The highest BCUT2D eigenvalue weighted by Crippen LogP contribution is 2.41. The Morgan fingerprint density at radius 1 is 1.27 bits per heavy atom. The molecule has 7 heteroatoms. The molecule has 1 fully saturated rings. The molecule has 26 heavy (non-hydrogen) atoms. The van der Waals surface area contributed by atoms with Gasteiger partial charge in [-0.2, -0.15) is 4.52 Å². The van der Waals surface area contributed by atoms with E-state index in [1.165, 1.54) is 30.6 Å². The topological polar surface area (TPSA) is 62.9 Å². The molecule has 0 aliphatic carbocycles. The molecule has 0 amide bonds. The summed E-state index contributed by atoms with van der Waals surface area (Å²) in [5.41, 5.74) is 1.13. The lowest BCUT2D eigenvalue weighted by molar-refractivity contribution is 0.186. The van der Waals surface area contributed by atoms with Gasteiger partial charge in [-0.1, -0.05) is 29.9 Å². The number of hydrogen-bond donors (Lipinski definition) is 1. The molecule has 6 nitrogen and oxygen atoms in total. The largest absolute Gasteiger partial charge is 0.494 e. The van der Waals surface area contributed by atoms with Crippen molar-refractivity contribution < 1.29 is 9.84 Å². The summed E-state index contributed by atoms with van der Waals surface area (Å²) >= 11 is 1.52. The lowest BCUT2D eigenvalue weighted by atomic mass is 10.00. The fourth-order valence-electron chi connectivity index (χ4n) is 3.67. The van der Waals surface area contributed by atoms with Gasteiger partial charge in [-0.05, 0) is 57.5 Å². The summed E-state index contributed by atoms with van der Waals surface area (Å²) in [5, 5.41) is 15.2. The number of aryl methyl sites for hydroxylation is 1. The highest BCUT2D eigenvalue weighted by Gasteiger charge is 2.30. The summed E-state index contributed by atoms with van der Waals surface area (Å²) in [5.74, 6) is 1.73. The highest BCUT2D eigenvalue weighted by molar-refractivity contribution is 7.17. The lowest BCUT2D eigenvalue weighted by Gasteiger charge is -2.34. The van der Waals surface area contributed by atoms with Crippen LogP contribution < -0.4 is 4.74 Å². The van der Waals surface area contributed by atoms with Gasteiger partial charge in [-0.25, -0.2) is 4.98 Å². The monoisotopic (exact) mass is 372 g/mol. The van der Waals surface area contributed by atoms with Crippen LogP contribution in [0.4, 0.5) is 0 Å². The van der Waals surface area contributed by atoms with E-state index in [-0.39, 0.29) is 11.9 Å². The zero-order valence-electron chi connectivity index (χ0n) is 15.2. The Bertz CT molecular complexity index is 898. The second kappa shape index (κ2) is 7.25. The minimum Gasteiger partial charge on any atom is -0.494 e. The maximum atomic E-state index is 10.9. The van der Waals surface area contributed by atoms with Crippen LogP contribution in [-0.4, -0.2) is 44.3 Å². The number of aromatic nitrogens is 3. The summed E-state index contributed by atoms with van der Waals surface area (Å²) < 4.78 is 7.26. The number of piperidine rings is 1. The smallest absolute Gasteiger partial charge is 0.230 e. The van der Waals surface area contributed by atoms with Gasteiger partial charge in [-0.15, -0.1) is 5.10 Å². The van der Waals surface area contributed by atoms with E-state index in [9.17, 15) is 5.11 Å². The predicted molar refractivity (Wildman–Crippen MR) is 102 cm³/mol. The number of fused-ring (bicyclic) bond motifs is 1. The molecule has 1 unspecified atom stereocenters. The lowest BCUT2D eigenvalue weighted by Crippen LogP contribution is -2.34. The van der Waals surface area contributed by atoms with Crippen molar-refractivity contribution in [1.82, 2.24) is 19.5 Å². The number of ether oxygens (including phenoxy) is 1. The van der Waals surface area contributed by atoms with Crippen LogP contribution in [0.5, 0.6) is 11.6 Å². The van der Waals surface area contributed by atoms with Crippen molar-refractivity contribution in [2.45, 2.75) is 39.2 Å². The first kappa shape index (κ1) is 17.3. The summed E-state index contributed by atoms with van der Waals surface area (Å²) in [7, 11) is 0. The van der Waals surface area contributed by atoms with E-state index in [1.807, 2.05) is 26.0 Å². The van der Waals surface area contributed by atoms with Gasteiger partial charge < -0.3 is 9.84 Å². The quantitative estimate of drug-likeness (QED) is 0.738. The Kier molecular flexibility index (Phi) is 4.82. The van der Waals surface area contributed by atoms with Crippen molar-refractivity contribution in [2.75, 3.05) is 19.7 Å². The summed E-state index contributed by atoms with van der Waals surface area (Å²) in [6.45, 7) is 6.51. The Morgan fingerprint density at radius 3 is 2.81 bits per heavy atom. The fraction of sp³-hybridized carbons (Fsp3) is 0.474. The zero-order chi connectivity index (χ0) is 18.1. The van der Waals surface area contributed by atoms with E-state index < -0.39 is 0 Å². The first-order chi connectivity index (χ1) is 12.7. The van der Waals surface area contributed by atoms with E-state index in [0.29, 0.717) is 12.4 Å². The van der Waals surface area contributed by atoms with Gasteiger partial charge in [0.25, 0.3) is 0 Å². The Morgan fingerprint density at radius 2 is 2.08 bits per heavy atom. The molecule has 1 N–H and O–H groups in total.